The molecule has 0 spiro atoms. The van der Waals surface area contributed by atoms with Crippen LogP contribution in [0.25, 0.3) is 5.82 Å². The minimum atomic E-state index is -3.55. The summed E-state index contributed by atoms with van der Waals surface area (Å²) in [7, 11) is -0.686. The number of carbonyl (C=O) groups is 1. The minimum absolute atomic E-state index is 0.0542. The monoisotopic (exact) mass is 310 g/mol. The number of nitrogens with zero attached hydrogens (tertiary/aromatic N) is 4. The highest BCUT2D eigenvalue weighted by Crippen LogP contribution is 2.15. The van der Waals surface area contributed by atoms with E-state index in [4.69, 9.17) is 5.11 Å². The van der Waals surface area contributed by atoms with Crippen molar-refractivity contribution in [2.75, 3.05) is 14.1 Å². The van der Waals surface area contributed by atoms with Gasteiger partial charge in [0.2, 0.25) is 10.0 Å². The van der Waals surface area contributed by atoms with Crippen LogP contribution in [0.1, 0.15) is 16.1 Å². The molecule has 0 aliphatic rings. The van der Waals surface area contributed by atoms with Crippen LogP contribution in [-0.2, 0) is 10.0 Å². The number of rotatable bonds is 4. The fourth-order valence-electron chi connectivity index (χ4n) is 1.66. The molecule has 112 valence electrons. The van der Waals surface area contributed by atoms with Crippen LogP contribution < -0.4 is 0 Å². The third kappa shape index (κ3) is 2.78. The lowest BCUT2D eigenvalue weighted by molar-refractivity contribution is 0.0696. The van der Waals surface area contributed by atoms with Crippen LogP contribution >= 0.6 is 0 Å². The smallest absolute Gasteiger partial charge is 0.339 e. The molecule has 2 heterocycles. The first kappa shape index (κ1) is 15.1. The Hall–Kier alpha value is -2.26. The summed E-state index contributed by atoms with van der Waals surface area (Å²) in [5, 5.41) is 13.0. The summed E-state index contributed by atoms with van der Waals surface area (Å²) in [5.74, 6) is -0.742. The van der Waals surface area contributed by atoms with Crippen molar-refractivity contribution in [2.24, 2.45) is 0 Å². The molecule has 0 aliphatic carbocycles. The molecule has 0 aliphatic heterocycles. The number of aromatic carboxylic acids is 1. The maximum absolute atomic E-state index is 11.9. The van der Waals surface area contributed by atoms with E-state index in [1.165, 1.54) is 43.3 Å². The van der Waals surface area contributed by atoms with E-state index >= 15 is 0 Å². The van der Waals surface area contributed by atoms with Crippen molar-refractivity contribution in [3.8, 4) is 5.82 Å². The summed E-state index contributed by atoms with van der Waals surface area (Å²) < 4.78 is 26.2. The quantitative estimate of drug-likeness (QED) is 0.882. The first-order valence-electron chi connectivity index (χ1n) is 5.92. The van der Waals surface area contributed by atoms with Gasteiger partial charge in [-0.05, 0) is 19.1 Å². The predicted molar refractivity (Wildman–Crippen MR) is 73.9 cm³/mol. The van der Waals surface area contributed by atoms with Crippen molar-refractivity contribution in [1.29, 1.82) is 0 Å². The first-order chi connectivity index (χ1) is 9.73. The van der Waals surface area contributed by atoms with E-state index in [-0.39, 0.29) is 10.5 Å². The number of hydrogen-bond acceptors (Lipinski definition) is 5. The second kappa shape index (κ2) is 5.26. The van der Waals surface area contributed by atoms with Crippen LogP contribution in [0.4, 0.5) is 0 Å². The highest BCUT2D eigenvalue weighted by Gasteiger charge is 2.18. The summed E-state index contributed by atoms with van der Waals surface area (Å²) in [5.41, 5.74) is 0.427. The normalized spacial score (nSPS) is 11.8. The number of hydrogen-bond donors (Lipinski definition) is 1. The fourth-order valence-corrected chi connectivity index (χ4v) is 2.51. The molecule has 21 heavy (non-hydrogen) atoms. The summed E-state index contributed by atoms with van der Waals surface area (Å²) in [6.07, 6.45) is 2.54. The molecule has 2 aromatic rings. The van der Waals surface area contributed by atoms with Crippen molar-refractivity contribution < 1.29 is 18.3 Å². The van der Waals surface area contributed by atoms with Gasteiger partial charge in [0, 0.05) is 26.5 Å². The van der Waals surface area contributed by atoms with Crippen molar-refractivity contribution in [3.63, 3.8) is 0 Å². The zero-order chi connectivity index (χ0) is 15.8. The summed E-state index contributed by atoms with van der Waals surface area (Å²) in [4.78, 5) is 15.0. The topological polar surface area (TPSA) is 105 Å². The van der Waals surface area contributed by atoms with Crippen LogP contribution in [0.15, 0.2) is 29.4 Å². The first-order valence-corrected chi connectivity index (χ1v) is 7.36. The minimum Gasteiger partial charge on any atom is -0.478 e. The van der Waals surface area contributed by atoms with Crippen LogP contribution in [-0.4, -0.2) is 52.7 Å². The maximum Gasteiger partial charge on any atom is 0.339 e. The van der Waals surface area contributed by atoms with Gasteiger partial charge in [0.25, 0.3) is 0 Å². The van der Waals surface area contributed by atoms with E-state index in [9.17, 15) is 13.2 Å². The van der Waals surface area contributed by atoms with E-state index in [1.807, 2.05) is 0 Å². The lowest BCUT2D eigenvalue weighted by Crippen LogP contribution is -2.22. The second-order valence-electron chi connectivity index (χ2n) is 4.52. The van der Waals surface area contributed by atoms with Crippen molar-refractivity contribution in [2.45, 2.75) is 11.8 Å². The zero-order valence-electron chi connectivity index (χ0n) is 11.7. The standard InChI is InChI=1S/C12H14N4O4S/c1-8-10(12(17)18)7-16(14-8)11-5-4-9(6-13-11)21(19,20)15(2)3/h4-7H,1-3H3,(H,17,18). The Balaban J connectivity index is 2.40. The van der Waals surface area contributed by atoms with Gasteiger partial charge in [-0.15, -0.1) is 0 Å². The van der Waals surface area contributed by atoms with Gasteiger partial charge >= 0.3 is 5.97 Å². The van der Waals surface area contributed by atoms with E-state index < -0.39 is 16.0 Å². The average molecular weight is 310 g/mol. The molecule has 0 amide bonds. The number of pyridine rings is 1. The van der Waals surface area contributed by atoms with E-state index in [0.717, 1.165) is 4.31 Å². The Morgan fingerprint density at radius 2 is 2.00 bits per heavy atom. The molecular formula is C12H14N4O4S. The van der Waals surface area contributed by atoms with Crippen molar-refractivity contribution in [3.05, 3.63) is 35.8 Å². The highest BCUT2D eigenvalue weighted by molar-refractivity contribution is 7.89. The molecule has 2 rings (SSSR count). The van der Waals surface area contributed by atoms with Gasteiger partial charge in [-0.25, -0.2) is 27.2 Å². The SMILES string of the molecule is Cc1nn(-c2ccc(S(=O)(=O)N(C)C)cn2)cc1C(=O)O. The molecule has 0 saturated carbocycles. The molecule has 0 aromatic carbocycles. The molecule has 0 saturated heterocycles. The van der Waals surface area contributed by atoms with Crippen LogP contribution in [0.3, 0.4) is 0 Å². The number of sulfonamides is 1. The average Bonchev–Trinajstić information content (AvgIpc) is 2.81. The van der Waals surface area contributed by atoms with Crippen molar-refractivity contribution in [1.82, 2.24) is 19.1 Å². The zero-order valence-corrected chi connectivity index (χ0v) is 12.5. The molecule has 8 nitrogen and oxygen atoms in total. The van der Waals surface area contributed by atoms with Gasteiger partial charge in [0.05, 0.1) is 5.69 Å². The molecule has 0 atom stereocenters. The Kier molecular flexibility index (Phi) is 3.79. The third-order valence-electron chi connectivity index (χ3n) is 2.86. The fraction of sp³-hybridized carbons (Fsp3) is 0.250. The van der Waals surface area contributed by atoms with Crippen LogP contribution in [0, 0.1) is 6.92 Å². The Labute approximate surface area is 121 Å². The Morgan fingerprint density at radius 3 is 2.43 bits per heavy atom. The van der Waals surface area contributed by atoms with Gasteiger partial charge in [-0.3, -0.25) is 0 Å². The lowest BCUT2D eigenvalue weighted by Gasteiger charge is -2.11. The van der Waals surface area contributed by atoms with Crippen molar-refractivity contribution >= 4 is 16.0 Å². The molecule has 2 aromatic heterocycles. The van der Waals surface area contributed by atoms with E-state index in [0.29, 0.717) is 11.5 Å². The molecule has 0 fully saturated rings. The number of carboxylic acids is 1. The highest BCUT2D eigenvalue weighted by atomic mass is 32.2. The van der Waals surface area contributed by atoms with Gasteiger partial charge < -0.3 is 5.11 Å². The number of aryl methyl sites for hydroxylation is 1. The van der Waals surface area contributed by atoms with Crippen LogP contribution in [0.2, 0.25) is 0 Å². The molecule has 1 N–H and O–H groups in total. The maximum atomic E-state index is 11.9. The van der Waals surface area contributed by atoms with Gasteiger partial charge in [0.1, 0.15) is 10.5 Å². The number of aromatic nitrogens is 3. The van der Waals surface area contributed by atoms with E-state index in [1.54, 1.807) is 6.92 Å². The van der Waals surface area contributed by atoms with Crippen LogP contribution in [0.5, 0.6) is 0 Å². The van der Waals surface area contributed by atoms with Gasteiger partial charge in [0.15, 0.2) is 5.82 Å². The molecule has 0 radical (unpaired) electrons. The Morgan fingerprint density at radius 1 is 1.33 bits per heavy atom. The van der Waals surface area contributed by atoms with Gasteiger partial charge in [-0.2, -0.15) is 5.10 Å². The van der Waals surface area contributed by atoms with Gasteiger partial charge in [-0.1, -0.05) is 0 Å². The molecule has 0 bridgehead atoms. The molecule has 9 heteroatoms. The predicted octanol–water partition coefficient (Wildman–Crippen LogP) is 0.524. The number of carboxylic acid groups (broad SMARTS) is 1. The largest absolute Gasteiger partial charge is 0.478 e. The summed E-state index contributed by atoms with van der Waals surface area (Å²) >= 11 is 0. The third-order valence-corrected chi connectivity index (χ3v) is 4.66. The molecule has 0 unspecified atom stereocenters. The second-order valence-corrected chi connectivity index (χ2v) is 6.67. The summed E-state index contributed by atoms with van der Waals surface area (Å²) in [6, 6.07) is 2.86. The van der Waals surface area contributed by atoms with E-state index in [2.05, 4.69) is 10.1 Å². The molecular weight excluding hydrogens is 296 g/mol. The Bertz CT molecular complexity index is 778. The summed E-state index contributed by atoms with van der Waals surface area (Å²) in [6.45, 7) is 1.57. The lowest BCUT2D eigenvalue weighted by atomic mass is 10.3.